The summed E-state index contributed by atoms with van der Waals surface area (Å²) in [7, 11) is 0. The first-order valence-corrected chi connectivity index (χ1v) is 8.66. The second-order valence-electron chi connectivity index (χ2n) is 6.77. The SMILES string of the molecule is CC(C(=O)O)c1ccc2c(c1)[nH]c1ccc(N3CCCCC3)cc12. The van der Waals surface area contributed by atoms with E-state index in [-0.39, 0.29) is 0 Å². The molecular formula is C20H22N2O2. The molecule has 124 valence electrons. The molecule has 1 aliphatic rings. The number of H-pyrrole nitrogens is 1. The average molecular weight is 322 g/mol. The third kappa shape index (κ3) is 2.52. The van der Waals surface area contributed by atoms with E-state index in [0.29, 0.717) is 0 Å². The molecular weight excluding hydrogens is 300 g/mol. The number of aliphatic carboxylic acids is 1. The predicted octanol–water partition coefficient (Wildman–Crippen LogP) is 4.50. The number of carboxylic acids is 1. The molecule has 0 bridgehead atoms. The van der Waals surface area contributed by atoms with Crippen molar-refractivity contribution in [2.75, 3.05) is 18.0 Å². The molecule has 24 heavy (non-hydrogen) atoms. The summed E-state index contributed by atoms with van der Waals surface area (Å²) in [4.78, 5) is 17.1. The van der Waals surface area contributed by atoms with Crippen LogP contribution in [0.15, 0.2) is 36.4 Å². The predicted molar refractivity (Wildman–Crippen MR) is 97.9 cm³/mol. The fraction of sp³-hybridized carbons (Fsp3) is 0.350. The number of benzene rings is 2. The molecule has 0 aliphatic carbocycles. The summed E-state index contributed by atoms with van der Waals surface area (Å²) < 4.78 is 0. The number of nitrogens with one attached hydrogen (secondary N) is 1. The first-order chi connectivity index (χ1) is 11.6. The molecule has 0 spiro atoms. The number of aromatic amines is 1. The van der Waals surface area contributed by atoms with E-state index in [2.05, 4.69) is 28.1 Å². The van der Waals surface area contributed by atoms with E-state index in [4.69, 9.17) is 0 Å². The molecule has 2 heterocycles. The summed E-state index contributed by atoms with van der Waals surface area (Å²) in [5.74, 6) is -1.29. The monoisotopic (exact) mass is 322 g/mol. The van der Waals surface area contributed by atoms with Crippen LogP contribution in [0.2, 0.25) is 0 Å². The van der Waals surface area contributed by atoms with Crippen LogP contribution in [0.3, 0.4) is 0 Å². The summed E-state index contributed by atoms with van der Waals surface area (Å²) in [5.41, 5.74) is 4.22. The molecule has 1 aliphatic heterocycles. The fourth-order valence-corrected chi connectivity index (χ4v) is 3.67. The molecule has 0 radical (unpaired) electrons. The number of hydrogen-bond acceptors (Lipinski definition) is 2. The van der Waals surface area contributed by atoms with Crippen molar-refractivity contribution >= 4 is 33.5 Å². The largest absolute Gasteiger partial charge is 0.481 e. The second-order valence-corrected chi connectivity index (χ2v) is 6.77. The van der Waals surface area contributed by atoms with Gasteiger partial charge in [0.25, 0.3) is 0 Å². The van der Waals surface area contributed by atoms with Crippen molar-refractivity contribution in [3.8, 4) is 0 Å². The van der Waals surface area contributed by atoms with E-state index < -0.39 is 11.9 Å². The molecule has 1 fully saturated rings. The van der Waals surface area contributed by atoms with Gasteiger partial charge in [0.05, 0.1) is 5.92 Å². The van der Waals surface area contributed by atoms with Crippen molar-refractivity contribution in [3.05, 3.63) is 42.0 Å². The Bertz CT molecular complexity index is 907. The number of aromatic nitrogens is 1. The lowest BCUT2D eigenvalue weighted by Crippen LogP contribution is -2.29. The smallest absolute Gasteiger partial charge is 0.310 e. The van der Waals surface area contributed by atoms with Gasteiger partial charge >= 0.3 is 5.97 Å². The summed E-state index contributed by atoms with van der Waals surface area (Å²) in [6, 6.07) is 12.5. The average Bonchev–Trinajstić information content (AvgIpc) is 2.98. The van der Waals surface area contributed by atoms with Crippen molar-refractivity contribution in [1.82, 2.24) is 4.98 Å². The molecule has 1 saturated heterocycles. The van der Waals surface area contributed by atoms with Gasteiger partial charge in [-0.2, -0.15) is 0 Å². The summed E-state index contributed by atoms with van der Waals surface area (Å²) in [6.45, 7) is 3.99. The third-order valence-corrected chi connectivity index (χ3v) is 5.20. The molecule has 4 rings (SSSR count). The lowest BCUT2D eigenvalue weighted by atomic mass is 9.99. The first kappa shape index (κ1) is 15.1. The molecule has 2 N–H and O–H groups in total. The van der Waals surface area contributed by atoms with Gasteiger partial charge in [0.2, 0.25) is 0 Å². The van der Waals surface area contributed by atoms with Crippen LogP contribution < -0.4 is 4.90 Å². The van der Waals surface area contributed by atoms with E-state index in [1.54, 1.807) is 6.92 Å². The Morgan fingerprint density at radius 3 is 2.58 bits per heavy atom. The molecule has 1 atom stereocenters. The Hall–Kier alpha value is -2.49. The summed E-state index contributed by atoms with van der Waals surface area (Å²) >= 11 is 0. The van der Waals surface area contributed by atoms with E-state index in [1.807, 2.05) is 18.2 Å². The van der Waals surface area contributed by atoms with Gasteiger partial charge in [-0.1, -0.05) is 12.1 Å². The third-order valence-electron chi connectivity index (χ3n) is 5.20. The molecule has 2 aromatic carbocycles. The highest BCUT2D eigenvalue weighted by Crippen LogP contribution is 2.32. The van der Waals surface area contributed by atoms with Crippen molar-refractivity contribution in [1.29, 1.82) is 0 Å². The van der Waals surface area contributed by atoms with Gasteiger partial charge < -0.3 is 15.0 Å². The number of carboxylic acid groups (broad SMARTS) is 1. The minimum atomic E-state index is -0.794. The van der Waals surface area contributed by atoms with Crippen LogP contribution >= 0.6 is 0 Å². The maximum absolute atomic E-state index is 11.2. The number of hydrogen-bond donors (Lipinski definition) is 2. The highest BCUT2D eigenvalue weighted by atomic mass is 16.4. The van der Waals surface area contributed by atoms with Crippen molar-refractivity contribution in [3.63, 3.8) is 0 Å². The maximum Gasteiger partial charge on any atom is 0.310 e. The minimum absolute atomic E-state index is 0.496. The Kier molecular flexibility index (Phi) is 3.68. The first-order valence-electron chi connectivity index (χ1n) is 8.66. The topological polar surface area (TPSA) is 56.3 Å². The molecule has 1 aromatic heterocycles. The lowest BCUT2D eigenvalue weighted by Gasteiger charge is -2.28. The van der Waals surface area contributed by atoms with Gasteiger partial charge in [0.1, 0.15) is 0 Å². The number of carbonyl (C=O) groups is 1. The normalized spacial score (nSPS) is 16.6. The van der Waals surface area contributed by atoms with Gasteiger partial charge in [-0.3, -0.25) is 4.79 Å². The quantitative estimate of drug-likeness (QED) is 0.746. The Morgan fingerprint density at radius 1 is 1.04 bits per heavy atom. The lowest BCUT2D eigenvalue weighted by molar-refractivity contribution is -0.138. The van der Waals surface area contributed by atoms with Crippen LogP contribution in [0.4, 0.5) is 5.69 Å². The molecule has 4 heteroatoms. The fourth-order valence-electron chi connectivity index (χ4n) is 3.67. The molecule has 4 nitrogen and oxygen atoms in total. The summed E-state index contributed by atoms with van der Waals surface area (Å²) in [5, 5.41) is 11.6. The van der Waals surface area contributed by atoms with E-state index in [9.17, 15) is 9.90 Å². The van der Waals surface area contributed by atoms with Gasteiger partial charge in [-0.05, 0) is 56.0 Å². The van der Waals surface area contributed by atoms with E-state index in [0.717, 1.165) is 35.1 Å². The highest BCUT2D eigenvalue weighted by molar-refractivity contribution is 6.08. The van der Waals surface area contributed by atoms with Gasteiger partial charge in [-0.25, -0.2) is 0 Å². The Balaban J connectivity index is 1.78. The number of piperidine rings is 1. The van der Waals surface area contributed by atoms with Crippen molar-refractivity contribution < 1.29 is 9.90 Å². The van der Waals surface area contributed by atoms with Crippen LogP contribution in [0.1, 0.15) is 37.7 Å². The van der Waals surface area contributed by atoms with Crippen molar-refractivity contribution in [2.45, 2.75) is 32.1 Å². The van der Waals surface area contributed by atoms with Crippen LogP contribution in [-0.2, 0) is 4.79 Å². The van der Waals surface area contributed by atoms with E-state index >= 15 is 0 Å². The molecule has 0 amide bonds. The Morgan fingerprint density at radius 2 is 1.83 bits per heavy atom. The van der Waals surface area contributed by atoms with Crippen LogP contribution in [0.25, 0.3) is 21.8 Å². The zero-order valence-electron chi connectivity index (χ0n) is 13.9. The number of fused-ring (bicyclic) bond motifs is 3. The van der Waals surface area contributed by atoms with Crippen LogP contribution in [0.5, 0.6) is 0 Å². The van der Waals surface area contributed by atoms with E-state index in [1.165, 1.54) is 30.3 Å². The zero-order valence-corrected chi connectivity index (χ0v) is 13.9. The maximum atomic E-state index is 11.2. The number of nitrogens with zero attached hydrogens (tertiary/aromatic N) is 1. The second kappa shape index (κ2) is 5.86. The molecule has 0 saturated carbocycles. The van der Waals surface area contributed by atoms with Crippen molar-refractivity contribution in [2.24, 2.45) is 0 Å². The van der Waals surface area contributed by atoms with Crippen LogP contribution in [-0.4, -0.2) is 29.1 Å². The zero-order chi connectivity index (χ0) is 16.7. The molecule has 3 aromatic rings. The molecule has 1 unspecified atom stereocenters. The minimum Gasteiger partial charge on any atom is -0.481 e. The highest BCUT2D eigenvalue weighted by Gasteiger charge is 2.16. The summed E-state index contributed by atoms with van der Waals surface area (Å²) in [6.07, 6.45) is 3.86. The number of anilines is 1. The van der Waals surface area contributed by atoms with Crippen LogP contribution in [0, 0.1) is 0 Å². The Labute approximate surface area is 141 Å². The number of rotatable bonds is 3. The van der Waals surface area contributed by atoms with Gasteiger partial charge in [0.15, 0.2) is 0 Å². The van der Waals surface area contributed by atoms with Gasteiger partial charge in [0, 0.05) is 40.6 Å². The van der Waals surface area contributed by atoms with Gasteiger partial charge in [-0.15, -0.1) is 0 Å². The standard InChI is InChI=1S/C20H22N2O2/c1-13(20(23)24)14-5-7-16-17-12-15(22-9-3-2-4-10-22)6-8-18(17)21-19(16)11-14/h5-8,11-13,21H,2-4,9-10H2,1H3,(H,23,24).